The molecule has 0 atom stereocenters. The fraction of sp³-hybridized carbons (Fsp3) is 0.429. The highest BCUT2D eigenvalue weighted by Gasteiger charge is 2.00. The highest BCUT2D eigenvalue weighted by atomic mass is 14.9. The first-order chi connectivity index (χ1) is 4.84. The molecule has 0 bridgehead atoms. The second kappa shape index (κ2) is 3.15. The minimum atomic E-state index is 0.524. The standard InChI is InChI=1S/C7H11N3/c1-9-7(8)6-4-2-3-5-10-6/h4-5H,2-3H2,1H3,(H2,8,9). The maximum absolute atomic E-state index is 5.52. The summed E-state index contributed by atoms with van der Waals surface area (Å²) in [6.07, 6.45) is 5.91. The monoisotopic (exact) mass is 137 g/mol. The molecule has 0 spiro atoms. The molecule has 0 aromatic rings. The van der Waals surface area contributed by atoms with Crippen molar-refractivity contribution in [3.8, 4) is 0 Å². The van der Waals surface area contributed by atoms with Gasteiger partial charge in [0.05, 0.1) is 0 Å². The summed E-state index contributed by atoms with van der Waals surface area (Å²) in [7, 11) is 1.67. The Morgan fingerprint density at radius 1 is 1.70 bits per heavy atom. The van der Waals surface area contributed by atoms with E-state index >= 15 is 0 Å². The Morgan fingerprint density at radius 3 is 3.00 bits per heavy atom. The van der Waals surface area contributed by atoms with Crippen LogP contribution in [0.15, 0.2) is 21.8 Å². The van der Waals surface area contributed by atoms with Gasteiger partial charge in [0.1, 0.15) is 11.5 Å². The Labute approximate surface area is 60.4 Å². The first-order valence-electron chi connectivity index (χ1n) is 3.30. The van der Waals surface area contributed by atoms with Crippen LogP contribution >= 0.6 is 0 Å². The molecule has 0 fully saturated rings. The van der Waals surface area contributed by atoms with Gasteiger partial charge in [-0.1, -0.05) is 6.08 Å². The van der Waals surface area contributed by atoms with Gasteiger partial charge in [-0.3, -0.25) is 9.98 Å². The van der Waals surface area contributed by atoms with Crippen molar-refractivity contribution in [1.29, 1.82) is 0 Å². The number of amidine groups is 1. The molecule has 0 aromatic carbocycles. The topological polar surface area (TPSA) is 50.7 Å². The molecule has 0 saturated carbocycles. The maximum atomic E-state index is 5.52. The van der Waals surface area contributed by atoms with Gasteiger partial charge in [0.25, 0.3) is 0 Å². The zero-order chi connectivity index (χ0) is 7.40. The fourth-order valence-corrected chi connectivity index (χ4v) is 0.795. The van der Waals surface area contributed by atoms with E-state index in [1.807, 2.05) is 12.3 Å². The molecule has 0 radical (unpaired) electrons. The summed E-state index contributed by atoms with van der Waals surface area (Å²) in [5, 5.41) is 0. The Hall–Kier alpha value is -1.12. The Bertz CT molecular complexity index is 201. The van der Waals surface area contributed by atoms with Crippen LogP contribution in [0, 0.1) is 0 Å². The molecule has 3 nitrogen and oxygen atoms in total. The first-order valence-corrected chi connectivity index (χ1v) is 3.30. The second-order valence-corrected chi connectivity index (χ2v) is 2.09. The molecular formula is C7H11N3. The normalized spacial score (nSPS) is 18.9. The molecule has 3 heteroatoms. The van der Waals surface area contributed by atoms with Crippen LogP contribution in [0.4, 0.5) is 0 Å². The Morgan fingerprint density at radius 2 is 2.50 bits per heavy atom. The van der Waals surface area contributed by atoms with Gasteiger partial charge in [-0.05, 0) is 12.8 Å². The predicted octanol–water partition coefficient (Wildman–Crippen LogP) is 0.722. The maximum Gasteiger partial charge on any atom is 0.144 e. The number of allylic oxidation sites excluding steroid dienone is 1. The summed E-state index contributed by atoms with van der Waals surface area (Å²) in [5.41, 5.74) is 6.33. The van der Waals surface area contributed by atoms with Crippen LogP contribution in [0.3, 0.4) is 0 Å². The third-order valence-electron chi connectivity index (χ3n) is 1.37. The summed E-state index contributed by atoms with van der Waals surface area (Å²) in [4.78, 5) is 7.91. The van der Waals surface area contributed by atoms with Gasteiger partial charge in [0, 0.05) is 13.3 Å². The van der Waals surface area contributed by atoms with Crippen molar-refractivity contribution in [2.45, 2.75) is 12.8 Å². The molecular weight excluding hydrogens is 126 g/mol. The minimum absolute atomic E-state index is 0.524. The van der Waals surface area contributed by atoms with Crippen LogP contribution in [0.5, 0.6) is 0 Å². The summed E-state index contributed by atoms with van der Waals surface area (Å²) in [5.74, 6) is 0.524. The lowest BCUT2D eigenvalue weighted by Crippen LogP contribution is -2.14. The van der Waals surface area contributed by atoms with Crippen molar-refractivity contribution in [1.82, 2.24) is 0 Å². The lowest BCUT2D eigenvalue weighted by atomic mass is 10.2. The highest BCUT2D eigenvalue weighted by molar-refractivity contribution is 5.98. The Kier molecular flexibility index (Phi) is 2.20. The van der Waals surface area contributed by atoms with Crippen molar-refractivity contribution in [3.63, 3.8) is 0 Å². The number of rotatable bonds is 1. The molecule has 2 N–H and O–H groups in total. The SMILES string of the molecule is CN=C(N)C1=CCCC=N1. The van der Waals surface area contributed by atoms with Crippen molar-refractivity contribution in [3.05, 3.63) is 11.8 Å². The van der Waals surface area contributed by atoms with E-state index in [2.05, 4.69) is 9.98 Å². The highest BCUT2D eigenvalue weighted by Crippen LogP contribution is 2.05. The molecule has 0 amide bonds. The van der Waals surface area contributed by atoms with E-state index in [-0.39, 0.29) is 0 Å². The van der Waals surface area contributed by atoms with Crippen molar-refractivity contribution < 1.29 is 0 Å². The van der Waals surface area contributed by atoms with Gasteiger partial charge in [0.15, 0.2) is 0 Å². The van der Waals surface area contributed by atoms with E-state index in [4.69, 9.17) is 5.73 Å². The first kappa shape index (κ1) is 6.99. The fourth-order valence-electron chi connectivity index (χ4n) is 0.795. The molecule has 54 valence electrons. The lowest BCUT2D eigenvalue weighted by Gasteiger charge is -2.03. The third kappa shape index (κ3) is 1.43. The molecule has 1 rings (SSSR count). The third-order valence-corrected chi connectivity index (χ3v) is 1.37. The number of hydrogen-bond donors (Lipinski definition) is 1. The van der Waals surface area contributed by atoms with Crippen LogP contribution in [0.1, 0.15) is 12.8 Å². The smallest absolute Gasteiger partial charge is 0.144 e. The number of hydrogen-bond acceptors (Lipinski definition) is 2. The molecule has 0 saturated heterocycles. The van der Waals surface area contributed by atoms with Gasteiger partial charge < -0.3 is 5.73 Å². The molecule has 1 aliphatic rings. The van der Waals surface area contributed by atoms with Gasteiger partial charge in [-0.25, -0.2) is 0 Å². The van der Waals surface area contributed by atoms with Crippen molar-refractivity contribution >= 4 is 12.1 Å². The molecule has 0 aromatic heterocycles. The average molecular weight is 137 g/mol. The zero-order valence-electron chi connectivity index (χ0n) is 6.04. The van der Waals surface area contributed by atoms with Gasteiger partial charge in [0.2, 0.25) is 0 Å². The number of nitrogens with zero attached hydrogens (tertiary/aromatic N) is 2. The molecule has 0 unspecified atom stereocenters. The number of aliphatic imine (C=N–C) groups is 2. The van der Waals surface area contributed by atoms with Gasteiger partial charge in [-0.2, -0.15) is 0 Å². The van der Waals surface area contributed by atoms with E-state index in [9.17, 15) is 0 Å². The van der Waals surface area contributed by atoms with Crippen LogP contribution in [0.25, 0.3) is 0 Å². The van der Waals surface area contributed by atoms with Crippen LogP contribution in [0.2, 0.25) is 0 Å². The summed E-state index contributed by atoms with van der Waals surface area (Å²) < 4.78 is 0. The van der Waals surface area contributed by atoms with Crippen LogP contribution < -0.4 is 5.73 Å². The molecule has 10 heavy (non-hydrogen) atoms. The number of nitrogens with two attached hydrogens (primary N) is 1. The zero-order valence-corrected chi connectivity index (χ0v) is 6.04. The lowest BCUT2D eigenvalue weighted by molar-refractivity contribution is 1.06. The van der Waals surface area contributed by atoms with E-state index in [0.717, 1.165) is 18.5 Å². The minimum Gasteiger partial charge on any atom is -0.382 e. The van der Waals surface area contributed by atoms with Crippen molar-refractivity contribution in [2.24, 2.45) is 15.7 Å². The van der Waals surface area contributed by atoms with Gasteiger partial charge >= 0.3 is 0 Å². The van der Waals surface area contributed by atoms with Crippen LogP contribution in [-0.2, 0) is 0 Å². The van der Waals surface area contributed by atoms with Crippen molar-refractivity contribution in [2.75, 3.05) is 7.05 Å². The van der Waals surface area contributed by atoms with E-state index in [1.165, 1.54) is 0 Å². The van der Waals surface area contributed by atoms with E-state index in [0.29, 0.717) is 5.84 Å². The van der Waals surface area contributed by atoms with E-state index in [1.54, 1.807) is 7.05 Å². The average Bonchev–Trinajstić information content (AvgIpc) is 2.05. The molecule has 1 aliphatic heterocycles. The summed E-state index contributed by atoms with van der Waals surface area (Å²) in [6, 6.07) is 0. The second-order valence-electron chi connectivity index (χ2n) is 2.09. The summed E-state index contributed by atoms with van der Waals surface area (Å²) >= 11 is 0. The Balaban J connectivity index is 2.72. The van der Waals surface area contributed by atoms with Gasteiger partial charge in [-0.15, -0.1) is 0 Å². The van der Waals surface area contributed by atoms with E-state index < -0.39 is 0 Å². The quantitative estimate of drug-likeness (QED) is 0.420. The largest absolute Gasteiger partial charge is 0.382 e. The molecule has 0 aliphatic carbocycles. The molecule has 1 heterocycles. The predicted molar refractivity (Wildman–Crippen MR) is 43.4 cm³/mol. The van der Waals surface area contributed by atoms with Crippen LogP contribution in [-0.4, -0.2) is 19.1 Å². The summed E-state index contributed by atoms with van der Waals surface area (Å²) in [6.45, 7) is 0.